The highest BCUT2D eigenvalue weighted by atomic mass is 16.6. The molecule has 0 saturated carbocycles. The molecule has 2 saturated heterocycles. The van der Waals surface area contributed by atoms with Crippen LogP contribution in [0, 0.1) is 37.9 Å². The van der Waals surface area contributed by atoms with Crippen LogP contribution in [0.25, 0.3) is 0 Å². The molecule has 10 nitrogen and oxygen atoms in total. The SMILES string of the molecule is CCC(C)(N)CC(N1CCCC1=O)C(C)(C)C(C)(C)CC(C)(C1OC1N)C(C)(C)C(C)(C)CC(n1ccnc1)C(C)(C)C(C)(C)CC(n1cc[n+](C)c1)C(C)(C)N. The fraction of sp³-hybridized carbons (Fsp3) is 0.851. The largest absolute Gasteiger partial charge is 0.353 e. The summed E-state index contributed by atoms with van der Waals surface area (Å²) in [5, 5.41) is 0. The van der Waals surface area contributed by atoms with Crippen molar-refractivity contribution in [2.45, 2.75) is 204 Å². The summed E-state index contributed by atoms with van der Waals surface area (Å²) >= 11 is 0. The minimum atomic E-state index is -0.434. The zero-order chi connectivity index (χ0) is 43.6. The third-order valence-electron chi connectivity index (χ3n) is 17.5. The zero-order valence-electron chi connectivity index (χ0n) is 39.8. The Morgan fingerprint density at radius 1 is 0.807 bits per heavy atom. The van der Waals surface area contributed by atoms with Crippen molar-refractivity contribution in [2.75, 3.05) is 6.54 Å². The van der Waals surface area contributed by atoms with E-state index in [2.05, 4.69) is 173 Å². The maximum Gasteiger partial charge on any atom is 0.243 e. The lowest BCUT2D eigenvalue weighted by atomic mass is 9.45. The van der Waals surface area contributed by atoms with Gasteiger partial charge in [0.2, 0.25) is 12.2 Å². The molecular formula is C47H87N8O2+. The smallest absolute Gasteiger partial charge is 0.243 e. The van der Waals surface area contributed by atoms with E-state index in [1.54, 1.807) is 0 Å². The van der Waals surface area contributed by atoms with Gasteiger partial charge >= 0.3 is 0 Å². The number of amides is 1. The highest BCUT2D eigenvalue weighted by molar-refractivity contribution is 5.78. The molecule has 2 aliphatic heterocycles. The number of rotatable bonds is 20. The molecule has 0 aromatic carbocycles. The van der Waals surface area contributed by atoms with Gasteiger partial charge in [-0.3, -0.25) is 4.79 Å². The van der Waals surface area contributed by atoms with Gasteiger partial charge in [0.25, 0.3) is 0 Å². The van der Waals surface area contributed by atoms with Gasteiger partial charge in [-0.15, -0.1) is 0 Å². The molecule has 4 heterocycles. The Kier molecular flexibility index (Phi) is 13.0. The lowest BCUT2D eigenvalue weighted by Crippen LogP contribution is -2.59. The van der Waals surface area contributed by atoms with Crippen molar-refractivity contribution in [2.24, 2.45) is 62.2 Å². The first-order valence-electron chi connectivity index (χ1n) is 22.0. The monoisotopic (exact) mass is 796 g/mol. The zero-order valence-corrected chi connectivity index (χ0v) is 39.8. The first-order chi connectivity index (χ1) is 25.7. The van der Waals surface area contributed by atoms with Crippen molar-refractivity contribution >= 4 is 5.91 Å². The first kappa shape index (κ1) is 47.4. The molecule has 0 bridgehead atoms. The van der Waals surface area contributed by atoms with Gasteiger partial charge < -0.3 is 31.4 Å². The number of imidazole rings is 2. The predicted octanol–water partition coefficient (Wildman–Crippen LogP) is 8.55. The van der Waals surface area contributed by atoms with Gasteiger partial charge in [0.05, 0.1) is 18.9 Å². The van der Waals surface area contributed by atoms with Crippen LogP contribution in [0.15, 0.2) is 37.4 Å². The maximum atomic E-state index is 13.5. The van der Waals surface area contributed by atoms with E-state index in [9.17, 15) is 4.79 Å². The summed E-state index contributed by atoms with van der Waals surface area (Å²) in [6.45, 7) is 41.0. The van der Waals surface area contributed by atoms with E-state index in [0.29, 0.717) is 6.42 Å². The lowest BCUT2D eigenvalue weighted by molar-refractivity contribution is -0.671. The van der Waals surface area contributed by atoms with Crippen molar-refractivity contribution in [1.82, 2.24) is 19.0 Å². The fourth-order valence-corrected chi connectivity index (χ4v) is 10.6. The quantitative estimate of drug-likeness (QED) is 0.0908. The van der Waals surface area contributed by atoms with E-state index in [1.165, 1.54) is 0 Å². The summed E-state index contributed by atoms with van der Waals surface area (Å²) in [5.41, 5.74) is 18.3. The van der Waals surface area contributed by atoms with Crippen LogP contribution in [0.2, 0.25) is 0 Å². The molecule has 4 rings (SSSR count). The van der Waals surface area contributed by atoms with Crippen LogP contribution in [0.1, 0.15) is 175 Å². The molecule has 7 atom stereocenters. The number of aryl methyl sites for hydroxylation is 1. The molecule has 0 radical (unpaired) electrons. The van der Waals surface area contributed by atoms with E-state index in [4.69, 9.17) is 21.9 Å². The van der Waals surface area contributed by atoms with Crippen LogP contribution in [0.4, 0.5) is 0 Å². The average Bonchev–Trinajstić information content (AvgIpc) is 3.46. The second kappa shape index (κ2) is 15.6. The number of nitrogens with zero attached hydrogens (tertiary/aromatic N) is 5. The van der Waals surface area contributed by atoms with Gasteiger partial charge in [0.1, 0.15) is 30.8 Å². The Morgan fingerprint density at radius 2 is 1.37 bits per heavy atom. The third-order valence-corrected chi connectivity index (χ3v) is 17.5. The van der Waals surface area contributed by atoms with Gasteiger partial charge in [-0.25, -0.2) is 14.1 Å². The van der Waals surface area contributed by atoms with Crippen molar-refractivity contribution in [3.05, 3.63) is 37.4 Å². The van der Waals surface area contributed by atoms with Crippen molar-refractivity contribution in [3.63, 3.8) is 0 Å². The summed E-state index contributed by atoms with van der Waals surface area (Å²) in [4.78, 5) is 20.2. The summed E-state index contributed by atoms with van der Waals surface area (Å²) in [5.74, 6) is 0.257. The van der Waals surface area contributed by atoms with Crippen LogP contribution < -0.4 is 21.8 Å². The minimum Gasteiger partial charge on any atom is -0.353 e. The van der Waals surface area contributed by atoms with E-state index in [1.807, 2.05) is 12.5 Å². The predicted molar refractivity (Wildman–Crippen MR) is 234 cm³/mol. The molecule has 57 heavy (non-hydrogen) atoms. The molecule has 326 valence electrons. The number of carbonyl (C=O) groups excluding carboxylic acids is 1. The molecule has 2 aromatic heterocycles. The molecule has 1 amide bonds. The van der Waals surface area contributed by atoms with Gasteiger partial charge in [-0.05, 0) is 91.8 Å². The lowest BCUT2D eigenvalue weighted by Gasteiger charge is -2.60. The number of epoxide rings is 1. The van der Waals surface area contributed by atoms with Crippen molar-refractivity contribution in [1.29, 1.82) is 0 Å². The normalized spacial score (nSPS) is 23.0. The summed E-state index contributed by atoms with van der Waals surface area (Å²) in [6, 6.07) is 0.227. The van der Waals surface area contributed by atoms with Crippen LogP contribution in [0.5, 0.6) is 0 Å². The van der Waals surface area contributed by atoms with Crippen LogP contribution in [-0.2, 0) is 16.6 Å². The van der Waals surface area contributed by atoms with Gasteiger partial charge in [-0.1, -0.05) is 96.9 Å². The first-order valence-corrected chi connectivity index (χ1v) is 22.0. The Balaban J connectivity index is 1.76. The minimum absolute atomic E-state index is 0.0108. The molecule has 2 fully saturated rings. The van der Waals surface area contributed by atoms with E-state index >= 15 is 0 Å². The second-order valence-electron chi connectivity index (χ2n) is 23.6. The number of hydrogen-bond donors (Lipinski definition) is 3. The number of nitrogens with two attached hydrogens (primary N) is 3. The molecule has 7 unspecified atom stereocenters. The molecule has 10 heteroatoms. The number of ether oxygens (including phenoxy) is 1. The molecule has 2 aromatic rings. The standard InChI is InChI=1S/C47H87N8O2/c1-19-46(16,50)29-34(55-23-20-21-36(55)56)43(10,11)41(6,7)30-47(17,37-38(48)57-37)45(14,15)40(4,5)27-33(53-24-22-51-31-53)42(8,9)39(2,3)28-35(44(12,13)49)54-26-25-52(18)32-54/h22,24-26,31-35,37-38H,19-21,23,27-30,48-50H2,1-18H3/q+1. The number of likely N-dealkylation sites (tertiary alicyclic amines) is 1. The second-order valence-corrected chi connectivity index (χ2v) is 23.6. The van der Waals surface area contributed by atoms with E-state index in [-0.39, 0.29) is 79.8 Å². The molecule has 0 aliphatic carbocycles. The highest BCUT2D eigenvalue weighted by Gasteiger charge is 2.65. The average molecular weight is 796 g/mol. The number of aromatic nitrogens is 4. The van der Waals surface area contributed by atoms with E-state index < -0.39 is 5.54 Å². The third kappa shape index (κ3) is 9.10. The summed E-state index contributed by atoms with van der Waals surface area (Å²) in [7, 11) is 2.06. The van der Waals surface area contributed by atoms with Gasteiger partial charge in [0.15, 0.2) is 0 Å². The Labute approximate surface area is 348 Å². The van der Waals surface area contributed by atoms with E-state index in [0.717, 1.165) is 45.1 Å². The Hall–Kier alpha value is -2.27. The topological polar surface area (TPSA) is 138 Å². The molecule has 0 spiro atoms. The Bertz CT molecular complexity index is 1660. The summed E-state index contributed by atoms with van der Waals surface area (Å²) in [6.07, 6.45) is 17.9. The van der Waals surface area contributed by atoms with Crippen LogP contribution >= 0.6 is 0 Å². The Morgan fingerprint density at radius 3 is 1.81 bits per heavy atom. The molecule has 2 aliphatic rings. The maximum absolute atomic E-state index is 13.5. The van der Waals surface area contributed by atoms with Crippen LogP contribution in [-0.4, -0.2) is 60.9 Å². The summed E-state index contributed by atoms with van der Waals surface area (Å²) < 4.78 is 13.1. The van der Waals surface area contributed by atoms with Crippen molar-refractivity contribution in [3.8, 4) is 0 Å². The molecule has 6 N–H and O–H groups in total. The molecular weight excluding hydrogens is 709 g/mol. The number of hydrogen-bond acceptors (Lipinski definition) is 6. The van der Waals surface area contributed by atoms with Gasteiger partial charge in [0, 0.05) is 48.4 Å². The van der Waals surface area contributed by atoms with Gasteiger partial charge in [-0.2, -0.15) is 0 Å². The van der Waals surface area contributed by atoms with Crippen molar-refractivity contribution < 1.29 is 14.1 Å². The fourth-order valence-electron chi connectivity index (χ4n) is 10.6. The van der Waals surface area contributed by atoms with Crippen LogP contribution in [0.3, 0.4) is 0 Å². The number of carbonyl (C=O) groups is 1. The highest BCUT2D eigenvalue weighted by Crippen LogP contribution is 2.66.